The van der Waals surface area contributed by atoms with E-state index in [1.165, 1.54) is 17.2 Å². The molecular weight excluding hydrogens is 268 g/mol. The van der Waals surface area contributed by atoms with Crippen LogP contribution in [0.5, 0.6) is 0 Å². The molecule has 1 heterocycles. The normalized spacial score (nSPS) is 17.1. The molecular formula is C16H16N2O3. The second-order valence-corrected chi connectivity index (χ2v) is 5.17. The maximum Gasteiger partial charge on any atom is 0.272 e. The molecule has 1 aliphatic rings. The number of nitrogens with zero attached hydrogens (tertiary/aromatic N) is 1. The zero-order chi connectivity index (χ0) is 14.8. The van der Waals surface area contributed by atoms with Crippen molar-refractivity contribution in [1.29, 1.82) is 0 Å². The summed E-state index contributed by atoms with van der Waals surface area (Å²) in [5.41, 5.74) is 4.05. The molecule has 0 saturated carbocycles. The predicted molar refractivity (Wildman–Crippen MR) is 80.3 cm³/mol. The number of ether oxygens (including phenoxy) is 1. The van der Waals surface area contributed by atoms with Crippen LogP contribution < -0.4 is 5.32 Å². The first-order valence-electron chi connectivity index (χ1n) is 6.82. The number of fused-ring (bicyclic) bond motifs is 1. The Kier molecular flexibility index (Phi) is 3.58. The van der Waals surface area contributed by atoms with E-state index in [1.54, 1.807) is 19.1 Å². The SMILES string of the molecule is Cc1cc(NC2COCc3ccccc32)ccc1[N+](=O)[O-]. The van der Waals surface area contributed by atoms with Gasteiger partial charge < -0.3 is 10.1 Å². The van der Waals surface area contributed by atoms with E-state index >= 15 is 0 Å². The third-order valence-corrected chi connectivity index (χ3v) is 3.71. The molecule has 2 aromatic carbocycles. The Bertz CT molecular complexity index is 685. The van der Waals surface area contributed by atoms with Gasteiger partial charge in [0.25, 0.3) is 5.69 Å². The molecule has 3 rings (SSSR count). The molecule has 0 amide bonds. The molecule has 108 valence electrons. The Morgan fingerprint density at radius 2 is 2.10 bits per heavy atom. The van der Waals surface area contributed by atoms with Gasteiger partial charge in [-0.25, -0.2) is 0 Å². The summed E-state index contributed by atoms with van der Waals surface area (Å²) >= 11 is 0. The highest BCUT2D eigenvalue weighted by Gasteiger charge is 2.20. The highest BCUT2D eigenvalue weighted by Crippen LogP contribution is 2.29. The third-order valence-electron chi connectivity index (χ3n) is 3.71. The number of anilines is 1. The van der Waals surface area contributed by atoms with Crippen LogP contribution in [0.4, 0.5) is 11.4 Å². The fourth-order valence-electron chi connectivity index (χ4n) is 2.65. The molecule has 0 bridgehead atoms. The summed E-state index contributed by atoms with van der Waals surface area (Å²) in [6.07, 6.45) is 0. The van der Waals surface area contributed by atoms with Crippen LogP contribution in [-0.4, -0.2) is 11.5 Å². The summed E-state index contributed by atoms with van der Waals surface area (Å²) in [7, 11) is 0. The van der Waals surface area contributed by atoms with Gasteiger partial charge in [0.1, 0.15) is 0 Å². The van der Waals surface area contributed by atoms with Gasteiger partial charge >= 0.3 is 0 Å². The summed E-state index contributed by atoms with van der Waals surface area (Å²) < 4.78 is 5.60. The largest absolute Gasteiger partial charge is 0.376 e. The Hall–Kier alpha value is -2.40. The minimum atomic E-state index is -0.363. The molecule has 21 heavy (non-hydrogen) atoms. The van der Waals surface area contributed by atoms with Gasteiger partial charge in [-0.3, -0.25) is 10.1 Å². The molecule has 0 aromatic heterocycles. The van der Waals surface area contributed by atoms with Crippen LogP contribution in [0.3, 0.4) is 0 Å². The van der Waals surface area contributed by atoms with Crippen molar-refractivity contribution in [2.45, 2.75) is 19.6 Å². The molecule has 1 aliphatic heterocycles. The average molecular weight is 284 g/mol. The number of nitro groups is 1. The average Bonchev–Trinajstić information content (AvgIpc) is 2.47. The van der Waals surface area contributed by atoms with E-state index < -0.39 is 0 Å². The van der Waals surface area contributed by atoms with Gasteiger partial charge in [0.15, 0.2) is 0 Å². The van der Waals surface area contributed by atoms with Crippen LogP contribution >= 0.6 is 0 Å². The molecule has 0 radical (unpaired) electrons. The van der Waals surface area contributed by atoms with Crippen LogP contribution in [0.1, 0.15) is 22.7 Å². The molecule has 0 saturated heterocycles. The van der Waals surface area contributed by atoms with E-state index in [2.05, 4.69) is 17.4 Å². The molecule has 1 atom stereocenters. The molecule has 0 fully saturated rings. The van der Waals surface area contributed by atoms with Crippen LogP contribution in [0, 0.1) is 17.0 Å². The smallest absolute Gasteiger partial charge is 0.272 e. The summed E-state index contributed by atoms with van der Waals surface area (Å²) in [6, 6.07) is 13.3. The maximum atomic E-state index is 10.9. The van der Waals surface area contributed by atoms with Crippen LogP contribution in [-0.2, 0) is 11.3 Å². The Labute approximate surface area is 122 Å². The lowest BCUT2D eigenvalue weighted by Crippen LogP contribution is -2.23. The minimum absolute atomic E-state index is 0.0656. The lowest BCUT2D eigenvalue weighted by Gasteiger charge is -2.27. The Balaban J connectivity index is 1.85. The summed E-state index contributed by atoms with van der Waals surface area (Å²) in [5.74, 6) is 0. The Morgan fingerprint density at radius 3 is 2.86 bits per heavy atom. The molecule has 2 aromatic rings. The van der Waals surface area contributed by atoms with E-state index in [0.717, 1.165) is 5.69 Å². The van der Waals surface area contributed by atoms with Gasteiger partial charge in [-0.2, -0.15) is 0 Å². The first-order valence-corrected chi connectivity index (χ1v) is 6.82. The van der Waals surface area contributed by atoms with Crippen molar-refractivity contribution in [3.63, 3.8) is 0 Å². The minimum Gasteiger partial charge on any atom is -0.376 e. The lowest BCUT2D eigenvalue weighted by molar-refractivity contribution is -0.385. The summed E-state index contributed by atoms with van der Waals surface area (Å²) in [6.45, 7) is 2.97. The Morgan fingerprint density at radius 1 is 1.29 bits per heavy atom. The van der Waals surface area contributed by atoms with Crippen LogP contribution in [0.2, 0.25) is 0 Å². The van der Waals surface area contributed by atoms with Gasteiger partial charge in [0.05, 0.1) is 24.2 Å². The number of rotatable bonds is 3. The summed E-state index contributed by atoms with van der Waals surface area (Å²) in [5, 5.41) is 14.2. The number of hydrogen-bond donors (Lipinski definition) is 1. The second kappa shape index (κ2) is 5.54. The molecule has 0 spiro atoms. The van der Waals surface area contributed by atoms with E-state index in [1.807, 2.05) is 12.1 Å². The van der Waals surface area contributed by atoms with Crippen molar-refractivity contribution in [2.75, 3.05) is 11.9 Å². The number of hydrogen-bond acceptors (Lipinski definition) is 4. The fourth-order valence-corrected chi connectivity index (χ4v) is 2.65. The van der Waals surface area contributed by atoms with Gasteiger partial charge in [-0.15, -0.1) is 0 Å². The highest BCUT2D eigenvalue weighted by atomic mass is 16.6. The van der Waals surface area contributed by atoms with Crippen molar-refractivity contribution >= 4 is 11.4 Å². The van der Waals surface area contributed by atoms with Crippen molar-refractivity contribution in [1.82, 2.24) is 0 Å². The maximum absolute atomic E-state index is 10.9. The molecule has 5 nitrogen and oxygen atoms in total. The molecule has 1 N–H and O–H groups in total. The second-order valence-electron chi connectivity index (χ2n) is 5.17. The summed E-state index contributed by atoms with van der Waals surface area (Å²) in [4.78, 5) is 10.5. The predicted octanol–water partition coefficient (Wildman–Crippen LogP) is 3.59. The monoisotopic (exact) mass is 284 g/mol. The van der Waals surface area contributed by atoms with Crippen LogP contribution in [0.25, 0.3) is 0 Å². The van der Waals surface area contributed by atoms with E-state index in [4.69, 9.17) is 4.74 Å². The standard InChI is InChI=1S/C16H16N2O3/c1-11-8-13(6-7-16(11)18(19)20)17-15-10-21-9-12-4-2-3-5-14(12)15/h2-8,15,17H,9-10H2,1H3. The van der Waals surface area contributed by atoms with Gasteiger partial charge in [0.2, 0.25) is 0 Å². The molecule has 0 aliphatic carbocycles. The zero-order valence-electron chi connectivity index (χ0n) is 11.7. The first kappa shape index (κ1) is 13.6. The number of nitro benzene ring substituents is 1. The number of nitrogens with one attached hydrogen (secondary N) is 1. The van der Waals surface area contributed by atoms with Crippen molar-refractivity contribution in [2.24, 2.45) is 0 Å². The van der Waals surface area contributed by atoms with E-state index in [0.29, 0.717) is 18.8 Å². The number of benzene rings is 2. The van der Waals surface area contributed by atoms with Crippen molar-refractivity contribution in [3.8, 4) is 0 Å². The van der Waals surface area contributed by atoms with Gasteiger partial charge in [-0.05, 0) is 30.2 Å². The molecule has 1 unspecified atom stereocenters. The zero-order valence-corrected chi connectivity index (χ0v) is 11.7. The number of aryl methyl sites for hydroxylation is 1. The lowest BCUT2D eigenvalue weighted by atomic mass is 9.99. The third kappa shape index (κ3) is 2.73. The first-order chi connectivity index (χ1) is 10.1. The van der Waals surface area contributed by atoms with E-state index in [9.17, 15) is 10.1 Å². The fraction of sp³-hybridized carbons (Fsp3) is 0.250. The van der Waals surface area contributed by atoms with E-state index in [-0.39, 0.29) is 16.7 Å². The topological polar surface area (TPSA) is 64.4 Å². The quantitative estimate of drug-likeness (QED) is 0.691. The van der Waals surface area contributed by atoms with Gasteiger partial charge in [-0.1, -0.05) is 24.3 Å². The highest BCUT2D eigenvalue weighted by molar-refractivity contribution is 5.55. The molecule has 5 heteroatoms. The van der Waals surface area contributed by atoms with Crippen LogP contribution in [0.15, 0.2) is 42.5 Å². The van der Waals surface area contributed by atoms with Crippen molar-refractivity contribution in [3.05, 3.63) is 69.3 Å². The van der Waals surface area contributed by atoms with Gasteiger partial charge in [0, 0.05) is 17.3 Å². The van der Waals surface area contributed by atoms with Crippen molar-refractivity contribution < 1.29 is 9.66 Å².